The Morgan fingerprint density at radius 2 is 1.73 bits per heavy atom. The number of hydrogen-bond acceptors (Lipinski definition) is 1. The third-order valence-corrected chi connectivity index (χ3v) is 4.15. The van der Waals surface area contributed by atoms with E-state index in [-0.39, 0.29) is 10.8 Å². The van der Waals surface area contributed by atoms with Gasteiger partial charge in [-0.3, -0.25) is 0 Å². The number of phenolic OH excluding ortho intramolecular Hbond substituents is 1. The van der Waals surface area contributed by atoms with Gasteiger partial charge in [-0.05, 0) is 37.9 Å². The fourth-order valence-electron chi connectivity index (χ4n) is 0.560. The maximum atomic E-state index is 9.14. The maximum Gasteiger partial charge on any atom is 0.136 e. The van der Waals surface area contributed by atoms with Crippen LogP contribution in [0.2, 0.25) is 10.0 Å². The lowest BCUT2D eigenvalue weighted by atomic mass is 10.3. The van der Waals surface area contributed by atoms with E-state index in [1.165, 1.54) is 6.07 Å². The van der Waals surface area contributed by atoms with E-state index in [2.05, 4.69) is 31.9 Å². The number of phenols is 1. The molecule has 0 aliphatic heterocycles. The molecule has 0 atom stereocenters. The first-order valence-corrected chi connectivity index (χ1v) is 4.90. The van der Waals surface area contributed by atoms with Crippen LogP contribution in [0.4, 0.5) is 0 Å². The van der Waals surface area contributed by atoms with Gasteiger partial charge in [-0.2, -0.15) is 0 Å². The van der Waals surface area contributed by atoms with Crippen molar-refractivity contribution in [1.82, 2.24) is 0 Å². The van der Waals surface area contributed by atoms with Crippen LogP contribution in [0, 0.1) is 0 Å². The second-order valence-corrected chi connectivity index (χ2v) is 4.22. The molecule has 1 aromatic rings. The zero-order chi connectivity index (χ0) is 8.59. The van der Waals surface area contributed by atoms with Crippen molar-refractivity contribution < 1.29 is 5.11 Å². The maximum absolute atomic E-state index is 9.14. The Hall–Kier alpha value is 0.560. The first-order valence-electron chi connectivity index (χ1n) is 2.56. The summed E-state index contributed by atoms with van der Waals surface area (Å²) in [6, 6.07) is 1.47. The summed E-state index contributed by atoms with van der Waals surface area (Å²) >= 11 is 17.7. The Labute approximate surface area is 90.6 Å². The van der Waals surface area contributed by atoms with Crippen molar-refractivity contribution in [2.24, 2.45) is 0 Å². The molecule has 0 unspecified atom stereocenters. The van der Waals surface area contributed by atoms with Crippen LogP contribution < -0.4 is 0 Å². The number of halogens is 4. The van der Waals surface area contributed by atoms with Gasteiger partial charge in [0, 0.05) is 4.47 Å². The molecule has 60 valence electrons. The Balaban J connectivity index is 3.46. The summed E-state index contributed by atoms with van der Waals surface area (Å²) in [5, 5.41) is 9.60. The van der Waals surface area contributed by atoms with Gasteiger partial charge in [0.1, 0.15) is 10.8 Å². The van der Waals surface area contributed by atoms with Crippen LogP contribution in [0.5, 0.6) is 5.75 Å². The molecule has 0 aliphatic carbocycles. The normalized spacial score (nSPS) is 10.2. The molecular formula is C6H2Br2Cl2O. The van der Waals surface area contributed by atoms with E-state index in [4.69, 9.17) is 28.3 Å². The number of hydrogen-bond donors (Lipinski definition) is 1. The minimum Gasteiger partial charge on any atom is -0.506 e. The second kappa shape index (κ2) is 3.52. The molecule has 0 fully saturated rings. The predicted octanol–water partition coefficient (Wildman–Crippen LogP) is 4.22. The Morgan fingerprint density at radius 1 is 1.18 bits per heavy atom. The van der Waals surface area contributed by atoms with Gasteiger partial charge in [0.2, 0.25) is 0 Å². The fraction of sp³-hybridized carbons (Fsp3) is 0. The SMILES string of the molecule is Oc1cc(Br)c(Br)c(Cl)c1Cl. The molecule has 1 nitrogen and oxygen atoms in total. The minimum absolute atomic E-state index is 0.0354. The molecule has 0 heterocycles. The molecule has 0 radical (unpaired) electrons. The fourth-order valence-corrected chi connectivity index (χ4v) is 1.86. The van der Waals surface area contributed by atoms with Gasteiger partial charge in [-0.25, -0.2) is 0 Å². The molecule has 0 aliphatic rings. The molecule has 1 aromatic carbocycles. The van der Waals surface area contributed by atoms with Gasteiger partial charge in [0.25, 0.3) is 0 Å². The summed E-state index contributed by atoms with van der Waals surface area (Å²) in [6.45, 7) is 0. The zero-order valence-electron chi connectivity index (χ0n) is 5.04. The largest absolute Gasteiger partial charge is 0.506 e. The van der Waals surface area contributed by atoms with Crippen LogP contribution in [-0.2, 0) is 0 Å². The van der Waals surface area contributed by atoms with Crippen LogP contribution in [0.15, 0.2) is 15.0 Å². The van der Waals surface area contributed by atoms with Gasteiger partial charge in [-0.1, -0.05) is 23.2 Å². The third kappa shape index (κ3) is 1.83. The molecule has 0 aromatic heterocycles. The highest BCUT2D eigenvalue weighted by Gasteiger charge is 2.10. The van der Waals surface area contributed by atoms with Crippen molar-refractivity contribution in [3.63, 3.8) is 0 Å². The molecule has 1 rings (SSSR count). The van der Waals surface area contributed by atoms with Crippen LogP contribution >= 0.6 is 55.1 Å². The van der Waals surface area contributed by atoms with E-state index in [0.29, 0.717) is 14.0 Å². The van der Waals surface area contributed by atoms with Crippen molar-refractivity contribution in [1.29, 1.82) is 0 Å². The number of rotatable bonds is 0. The molecule has 0 amide bonds. The number of aromatic hydroxyl groups is 1. The molecule has 0 saturated heterocycles. The third-order valence-electron chi connectivity index (χ3n) is 1.08. The van der Waals surface area contributed by atoms with E-state index >= 15 is 0 Å². The molecule has 0 spiro atoms. The van der Waals surface area contributed by atoms with E-state index in [1.807, 2.05) is 0 Å². The molecular weight excluding hydrogens is 319 g/mol. The average Bonchev–Trinajstić information content (AvgIpc) is 1.97. The summed E-state index contributed by atoms with van der Waals surface area (Å²) in [6.07, 6.45) is 0. The average molecular weight is 321 g/mol. The molecule has 5 heteroatoms. The first-order chi connectivity index (χ1) is 5.04. The highest BCUT2D eigenvalue weighted by molar-refractivity contribution is 9.13. The van der Waals surface area contributed by atoms with Crippen LogP contribution in [-0.4, -0.2) is 5.11 Å². The van der Waals surface area contributed by atoms with Crippen molar-refractivity contribution in [3.8, 4) is 5.75 Å². The van der Waals surface area contributed by atoms with Crippen molar-refractivity contribution >= 4 is 55.1 Å². The Kier molecular flexibility index (Phi) is 3.09. The van der Waals surface area contributed by atoms with E-state index in [0.717, 1.165) is 0 Å². The Bertz CT molecular complexity index is 275. The highest BCUT2D eigenvalue weighted by atomic mass is 79.9. The lowest BCUT2D eigenvalue weighted by Gasteiger charge is -2.03. The summed E-state index contributed by atoms with van der Waals surface area (Å²) in [5.74, 6) is -0.0354. The van der Waals surface area contributed by atoms with Gasteiger partial charge in [0.05, 0.1) is 9.50 Å². The van der Waals surface area contributed by atoms with Crippen molar-refractivity contribution in [2.45, 2.75) is 0 Å². The van der Waals surface area contributed by atoms with Gasteiger partial charge in [-0.15, -0.1) is 0 Å². The standard InChI is InChI=1S/C6H2Br2Cl2O/c7-2-1-3(11)5(9)6(10)4(2)8/h1,11H. The van der Waals surface area contributed by atoms with E-state index in [9.17, 15) is 0 Å². The highest BCUT2D eigenvalue weighted by Crippen LogP contribution is 2.41. The van der Waals surface area contributed by atoms with Gasteiger partial charge < -0.3 is 5.11 Å². The van der Waals surface area contributed by atoms with Crippen molar-refractivity contribution in [3.05, 3.63) is 25.1 Å². The molecule has 1 N–H and O–H groups in total. The number of benzene rings is 1. The van der Waals surface area contributed by atoms with Gasteiger partial charge >= 0.3 is 0 Å². The quantitative estimate of drug-likeness (QED) is 0.560. The zero-order valence-corrected chi connectivity index (χ0v) is 9.72. The summed E-state index contributed by atoms with van der Waals surface area (Å²) in [4.78, 5) is 0. The second-order valence-electron chi connectivity index (χ2n) is 1.82. The minimum atomic E-state index is -0.0354. The first kappa shape index (κ1) is 9.65. The molecule has 0 bridgehead atoms. The molecule has 11 heavy (non-hydrogen) atoms. The molecule has 0 saturated carbocycles. The summed E-state index contributed by atoms with van der Waals surface area (Å²) in [7, 11) is 0. The van der Waals surface area contributed by atoms with Gasteiger partial charge in [0.15, 0.2) is 0 Å². The topological polar surface area (TPSA) is 20.2 Å². The summed E-state index contributed by atoms with van der Waals surface area (Å²) < 4.78 is 1.31. The lowest BCUT2D eigenvalue weighted by Crippen LogP contribution is -1.75. The van der Waals surface area contributed by atoms with Crippen LogP contribution in [0.25, 0.3) is 0 Å². The van der Waals surface area contributed by atoms with Crippen LogP contribution in [0.1, 0.15) is 0 Å². The predicted molar refractivity (Wildman–Crippen MR) is 53.5 cm³/mol. The smallest absolute Gasteiger partial charge is 0.136 e. The lowest BCUT2D eigenvalue weighted by molar-refractivity contribution is 0.475. The monoisotopic (exact) mass is 318 g/mol. The van der Waals surface area contributed by atoms with E-state index < -0.39 is 0 Å². The summed E-state index contributed by atoms with van der Waals surface area (Å²) in [5.41, 5.74) is 0. The Morgan fingerprint density at radius 3 is 2.27 bits per heavy atom. The van der Waals surface area contributed by atoms with E-state index in [1.54, 1.807) is 0 Å². The van der Waals surface area contributed by atoms with Crippen molar-refractivity contribution in [2.75, 3.05) is 0 Å². The van der Waals surface area contributed by atoms with Crippen LogP contribution in [0.3, 0.4) is 0 Å².